The fourth-order valence-corrected chi connectivity index (χ4v) is 3.15. The molecule has 1 aromatic carbocycles. The van der Waals surface area contributed by atoms with Crippen molar-refractivity contribution in [1.82, 2.24) is 4.90 Å². The van der Waals surface area contributed by atoms with E-state index in [1.54, 1.807) is 7.11 Å². The molecule has 0 bridgehead atoms. The number of nitrogens with zero attached hydrogens (tertiary/aromatic N) is 2. The number of benzene rings is 1. The molecular weight excluding hydrogens is 352 g/mol. The molecular formula is C19H24N2O6. The van der Waals surface area contributed by atoms with Crippen LogP contribution < -0.4 is 0 Å². The number of non-ortho nitro benzene ring substituents is 1. The van der Waals surface area contributed by atoms with Gasteiger partial charge in [0.25, 0.3) is 11.6 Å². The minimum absolute atomic E-state index is 0.0555. The predicted molar refractivity (Wildman–Crippen MR) is 98.2 cm³/mol. The average Bonchev–Trinajstić information content (AvgIpc) is 2.86. The van der Waals surface area contributed by atoms with Crippen molar-refractivity contribution in [3.8, 4) is 0 Å². The van der Waals surface area contributed by atoms with Crippen LogP contribution in [0.3, 0.4) is 0 Å². The van der Waals surface area contributed by atoms with Gasteiger partial charge in [-0.3, -0.25) is 19.7 Å². The molecule has 146 valence electrons. The molecule has 0 saturated heterocycles. The summed E-state index contributed by atoms with van der Waals surface area (Å²) >= 11 is 0. The lowest BCUT2D eigenvalue weighted by Crippen LogP contribution is -2.32. The molecule has 0 fully saturated rings. The van der Waals surface area contributed by atoms with Gasteiger partial charge in [-0.2, -0.15) is 0 Å². The van der Waals surface area contributed by atoms with Gasteiger partial charge in [0.05, 0.1) is 16.5 Å². The first kappa shape index (κ1) is 20.6. The molecule has 0 radical (unpaired) electrons. The summed E-state index contributed by atoms with van der Waals surface area (Å²) in [6.45, 7) is 4.47. The van der Waals surface area contributed by atoms with Crippen molar-refractivity contribution in [2.45, 2.75) is 32.7 Å². The molecule has 1 aliphatic rings. The van der Waals surface area contributed by atoms with Crippen molar-refractivity contribution >= 4 is 17.4 Å². The van der Waals surface area contributed by atoms with E-state index in [1.807, 2.05) is 13.8 Å². The lowest BCUT2D eigenvalue weighted by atomic mass is 9.92. The van der Waals surface area contributed by atoms with E-state index in [9.17, 15) is 24.8 Å². The number of Topliss-reactive ketones (excluding diaryl/α,β-unsaturated/α-hetero) is 1. The number of aliphatic hydroxyl groups excluding tert-OH is 1. The van der Waals surface area contributed by atoms with Crippen LogP contribution in [0, 0.1) is 16.0 Å². The number of ketones is 1. The number of hydrogen-bond donors (Lipinski definition) is 1. The van der Waals surface area contributed by atoms with Crippen molar-refractivity contribution in [1.29, 1.82) is 0 Å². The van der Waals surface area contributed by atoms with Crippen LogP contribution in [0.5, 0.6) is 0 Å². The van der Waals surface area contributed by atoms with Gasteiger partial charge < -0.3 is 14.7 Å². The Kier molecular flexibility index (Phi) is 6.68. The number of nitro groups is 1. The van der Waals surface area contributed by atoms with E-state index < -0.39 is 22.6 Å². The summed E-state index contributed by atoms with van der Waals surface area (Å²) in [6.07, 6.45) is 0.729. The van der Waals surface area contributed by atoms with Gasteiger partial charge in [0.15, 0.2) is 11.5 Å². The zero-order chi connectivity index (χ0) is 20.1. The van der Waals surface area contributed by atoms with Crippen LogP contribution in [-0.4, -0.2) is 46.9 Å². The van der Waals surface area contributed by atoms with Crippen LogP contribution in [0.25, 0.3) is 0 Å². The minimum Gasteiger partial charge on any atom is -0.503 e. The Morgan fingerprint density at radius 3 is 2.48 bits per heavy atom. The Morgan fingerprint density at radius 1 is 1.33 bits per heavy atom. The molecule has 0 saturated carbocycles. The van der Waals surface area contributed by atoms with Crippen molar-refractivity contribution in [2.24, 2.45) is 5.92 Å². The summed E-state index contributed by atoms with van der Waals surface area (Å²) < 4.78 is 5.02. The van der Waals surface area contributed by atoms with Crippen molar-refractivity contribution in [3.63, 3.8) is 0 Å². The number of amides is 1. The van der Waals surface area contributed by atoms with E-state index in [4.69, 9.17) is 4.74 Å². The van der Waals surface area contributed by atoms with Crippen LogP contribution in [-0.2, 0) is 14.3 Å². The first-order valence-electron chi connectivity index (χ1n) is 8.78. The SMILES string of the molecule is COCCCN1C(=O)C(O)=C(C(=O)CC(C)C)C1c1ccc([N+](=O)[O-])cc1. The number of nitro benzene ring substituents is 1. The second-order valence-corrected chi connectivity index (χ2v) is 6.88. The molecule has 8 nitrogen and oxygen atoms in total. The Morgan fingerprint density at radius 2 is 1.96 bits per heavy atom. The van der Waals surface area contributed by atoms with Crippen LogP contribution in [0.4, 0.5) is 5.69 Å². The number of hydrogen-bond acceptors (Lipinski definition) is 6. The standard InChI is InChI=1S/C19H24N2O6/c1-12(2)11-15(22)16-17(13-5-7-14(8-6-13)21(25)26)20(9-4-10-27-3)19(24)18(16)23/h5-8,12,17,23H,4,9-11H2,1-3H3. The zero-order valence-electron chi connectivity index (χ0n) is 15.7. The molecule has 1 heterocycles. The maximum atomic E-state index is 12.7. The number of carbonyl (C=O) groups excluding carboxylic acids is 2. The van der Waals surface area contributed by atoms with Crippen molar-refractivity contribution in [3.05, 3.63) is 51.3 Å². The number of aliphatic hydroxyl groups is 1. The molecule has 1 amide bonds. The van der Waals surface area contributed by atoms with Crippen LogP contribution in [0.1, 0.15) is 38.3 Å². The zero-order valence-corrected chi connectivity index (χ0v) is 15.7. The molecule has 1 aromatic rings. The van der Waals surface area contributed by atoms with Gasteiger partial charge in [-0.05, 0) is 30.0 Å². The third kappa shape index (κ3) is 4.51. The van der Waals surface area contributed by atoms with Crippen molar-refractivity contribution in [2.75, 3.05) is 20.3 Å². The summed E-state index contributed by atoms with van der Waals surface area (Å²) in [4.78, 5) is 37.1. The molecule has 1 atom stereocenters. The number of carbonyl (C=O) groups is 2. The van der Waals surface area contributed by atoms with Gasteiger partial charge in [-0.1, -0.05) is 13.8 Å². The molecule has 8 heteroatoms. The van der Waals surface area contributed by atoms with Gasteiger partial charge in [0, 0.05) is 38.8 Å². The molecule has 1 N–H and O–H groups in total. The molecule has 1 unspecified atom stereocenters. The fraction of sp³-hybridized carbons (Fsp3) is 0.474. The fourth-order valence-electron chi connectivity index (χ4n) is 3.15. The molecule has 27 heavy (non-hydrogen) atoms. The summed E-state index contributed by atoms with van der Waals surface area (Å²) in [5.41, 5.74) is 0.514. The van der Waals surface area contributed by atoms with Crippen LogP contribution >= 0.6 is 0 Å². The number of methoxy groups -OCH3 is 1. The van der Waals surface area contributed by atoms with Gasteiger partial charge in [0.1, 0.15) is 0 Å². The second kappa shape index (κ2) is 8.77. The van der Waals surface area contributed by atoms with Crippen molar-refractivity contribution < 1.29 is 24.4 Å². The topological polar surface area (TPSA) is 110 Å². The van der Waals surface area contributed by atoms with Gasteiger partial charge in [-0.15, -0.1) is 0 Å². The Hall–Kier alpha value is -2.74. The third-order valence-corrected chi connectivity index (χ3v) is 4.36. The average molecular weight is 376 g/mol. The van der Waals surface area contributed by atoms with E-state index in [2.05, 4.69) is 0 Å². The second-order valence-electron chi connectivity index (χ2n) is 6.88. The van der Waals surface area contributed by atoms with E-state index in [0.29, 0.717) is 18.6 Å². The summed E-state index contributed by atoms with van der Waals surface area (Å²) in [6, 6.07) is 4.92. The van der Waals surface area contributed by atoms with Gasteiger partial charge in [0.2, 0.25) is 0 Å². The Balaban J connectivity index is 2.43. The lowest BCUT2D eigenvalue weighted by Gasteiger charge is -2.27. The first-order chi connectivity index (χ1) is 12.8. The van der Waals surface area contributed by atoms with Crippen LogP contribution in [0.2, 0.25) is 0 Å². The maximum absolute atomic E-state index is 12.7. The number of ether oxygens (including phenoxy) is 1. The summed E-state index contributed by atoms with van der Waals surface area (Å²) in [5.74, 6) is -1.38. The molecule has 1 aliphatic heterocycles. The van der Waals surface area contributed by atoms with Gasteiger partial charge >= 0.3 is 0 Å². The quantitative estimate of drug-likeness (QED) is 0.403. The molecule has 2 rings (SSSR count). The highest BCUT2D eigenvalue weighted by atomic mass is 16.6. The molecule has 0 spiro atoms. The van der Waals surface area contributed by atoms with E-state index in [-0.39, 0.29) is 35.9 Å². The predicted octanol–water partition coefficient (Wildman–Crippen LogP) is 2.94. The van der Waals surface area contributed by atoms with Gasteiger partial charge in [-0.25, -0.2) is 0 Å². The van der Waals surface area contributed by atoms with E-state index in [1.165, 1.54) is 29.2 Å². The smallest absolute Gasteiger partial charge is 0.290 e. The summed E-state index contributed by atoms with van der Waals surface area (Å²) in [7, 11) is 1.55. The molecule has 0 aromatic heterocycles. The largest absolute Gasteiger partial charge is 0.503 e. The Labute approximate surface area is 157 Å². The summed E-state index contributed by atoms with van der Waals surface area (Å²) in [5, 5.41) is 21.3. The third-order valence-electron chi connectivity index (χ3n) is 4.36. The van der Waals surface area contributed by atoms with E-state index >= 15 is 0 Å². The normalized spacial score (nSPS) is 17.1. The highest BCUT2D eigenvalue weighted by molar-refractivity contribution is 6.09. The lowest BCUT2D eigenvalue weighted by molar-refractivity contribution is -0.384. The maximum Gasteiger partial charge on any atom is 0.290 e. The Bertz CT molecular complexity index is 754. The minimum atomic E-state index is -0.763. The van der Waals surface area contributed by atoms with Crippen LogP contribution in [0.15, 0.2) is 35.6 Å². The monoisotopic (exact) mass is 376 g/mol. The molecule has 0 aliphatic carbocycles. The first-order valence-corrected chi connectivity index (χ1v) is 8.78. The number of rotatable bonds is 9. The van der Waals surface area contributed by atoms with E-state index in [0.717, 1.165) is 0 Å². The highest BCUT2D eigenvalue weighted by Gasteiger charge is 2.43. The highest BCUT2D eigenvalue weighted by Crippen LogP contribution is 2.39.